The van der Waals surface area contributed by atoms with E-state index in [1.54, 1.807) is 11.3 Å². The minimum atomic E-state index is 0.260. The third kappa shape index (κ3) is 1.85. The van der Waals surface area contributed by atoms with E-state index in [0.29, 0.717) is 5.88 Å². The summed E-state index contributed by atoms with van der Waals surface area (Å²) in [5.74, 6) is 3.90. The largest absolute Gasteiger partial charge is 0.464 e. The number of ether oxygens (including phenoxy) is 1. The maximum absolute atomic E-state index is 5.59. The van der Waals surface area contributed by atoms with E-state index in [4.69, 9.17) is 11.2 Å². The number of fused-ring (bicyclic) bond motifs is 3. The number of thiophene rings is 1. The highest BCUT2D eigenvalue weighted by Crippen LogP contribution is 2.39. The normalized spacial score (nSPS) is 14.2. The molecular weight excluding hydrogens is 244 g/mol. The van der Waals surface area contributed by atoms with Gasteiger partial charge < -0.3 is 4.74 Å². The predicted molar refractivity (Wildman–Crippen MR) is 73.1 cm³/mol. The summed E-state index contributed by atoms with van der Waals surface area (Å²) in [7, 11) is 0. The number of aromatic nitrogens is 2. The lowest BCUT2D eigenvalue weighted by atomic mass is 9.97. The van der Waals surface area contributed by atoms with Crippen LogP contribution in [0.1, 0.15) is 29.1 Å². The maximum atomic E-state index is 5.59. The molecule has 0 saturated heterocycles. The molecule has 0 aromatic carbocycles. The van der Waals surface area contributed by atoms with Crippen LogP contribution in [0.5, 0.6) is 5.88 Å². The molecule has 18 heavy (non-hydrogen) atoms. The molecule has 0 radical (unpaired) electrons. The van der Waals surface area contributed by atoms with Gasteiger partial charge in [-0.15, -0.1) is 17.8 Å². The van der Waals surface area contributed by atoms with Gasteiger partial charge in [-0.1, -0.05) is 5.92 Å². The SMILES string of the molecule is C#CCOc1nc(C)nc2sc3c(c12)CCCC3. The van der Waals surface area contributed by atoms with Crippen LogP contribution in [-0.2, 0) is 12.8 Å². The molecule has 3 rings (SSSR count). The van der Waals surface area contributed by atoms with Gasteiger partial charge in [-0.25, -0.2) is 4.98 Å². The van der Waals surface area contributed by atoms with Gasteiger partial charge in [0.15, 0.2) is 6.61 Å². The van der Waals surface area contributed by atoms with Crippen molar-refractivity contribution in [3.63, 3.8) is 0 Å². The van der Waals surface area contributed by atoms with Crippen LogP contribution in [0.3, 0.4) is 0 Å². The molecule has 0 N–H and O–H groups in total. The molecule has 4 heteroatoms. The molecule has 0 aliphatic heterocycles. The molecule has 92 valence electrons. The summed E-state index contributed by atoms with van der Waals surface area (Å²) in [5, 5.41) is 1.09. The van der Waals surface area contributed by atoms with Crippen molar-refractivity contribution in [2.24, 2.45) is 0 Å². The summed E-state index contributed by atoms with van der Waals surface area (Å²) in [6.07, 6.45) is 10.0. The monoisotopic (exact) mass is 258 g/mol. The topological polar surface area (TPSA) is 35.0 Å². The highest BCUT2D eigenvalue weighted by atomic mass is 32.1. The summed E-state index contributed by atoms with van der Waals surface area (Å²) in [5.41, 5.74) is 1.38. The van der Waals surface area contributed by atoms with Gasteiger partial charge in [0.25, 0.3) is 0 Å². The van der Waals surface area contributed by atoms with Crippen LogP contribution in [0.15, 0.2) is 0 Å². The Balaban J connectivity index is 2.20. The molecule has 3 nitrogen and oxygen atoms in total. The van der Waals surface area contributed by atoms with Gasteiger partial charge in [0.1, 0.15) is 10.7 Å². The predicted octanol–water partition coefficient (Wildman–Crippen LogP) is 2.89. The lowest BCUT2D eigenvalue weighted by Crippen LogP contribution is -2.02. The smallest absolute Gasteiger partial charge is 0.226 e. The summed E-state index contributed by atoms with van der Waals surface area (Å²) in [6.45, 7) is 2.15. The average molecular weight is 258 g/mol. The van der Waals surface area contributed by atoms with Gasteiger partial charge in [0, 0.05) is 4.88 Å². The lowest BCUT2D eigenvalue weighted by Gasteiger charge is -2.11. The van der Waals surface area contributed by atoms with Crippen molar-refractivity contribution in [2.45, 2.75) is 32.6 Å². The van der Waals surface area contributed by atoms with E-state index >= 15 is 0 Å². The summed E-state index contributed by atoms with van der Waals surface area (Å²) in [6, 6.07) is 0. The van der Waals surface area contributed by atoms with Gasteiger partial charge in [-0.05, 0) is 38.2 Å². The van der Waals surface area contributed by atoms with Gasteiger partial charge in [-0.3, -0.25) is 0 Å². The Morgan fingerprint density at radius 2 is 2.17 bits per heavy atom. The third-order valence-corrected chi connectivity index (χ3v) is 4.37. The van der Waals surface area contributed by atoms with E-state index in [-0.39, 0.29) is 6.61 Å². The van der Waals surface area contributed by atoms with E-state index in [1.165, 1.54) is 23.3 Å². The molecule has 2 aromatic heterocycles. The zero-order valence-corrected chi connectivity index (χ0v) is 11.1. The molecule has 0 fully saturated rings. The van der Waals surface area contributed by atoms with Crippen LogP contribution in [0.25, 0.3) is 10.2 Å². The second-order valence-corrected chi connectivity index (χ2v) is 5.54. The minimum Gasteiger partial charge on any atom is -0.464 e. The number of hydrogen-bond donors (Lipinski definition) is 0. The first-order valence-corrected chi connectivity index (χ1v) is 6.96. The molecule has 0 atom stereocenters. The van der Waals surface area contributed by atoms with E-state index in [2.05, 4.69) is 15.9 Å². The minimum absolute atomic E-state index is 0.260. The van der Waals surface area contributed by atoms with Crippen LogP contribution in [0.2, 0.25) is 0 Å². The highest BCUT2D eigenvalue weighted by molar-refractivity contribution is 7.18. The molecule has 0 spiro atoms. The van der Waals surface area contributed by atoms with Gasteiger partial charge in [-0.2, -0.15) is 4.98 Å². The molecule has 0 bridgehead atoms. The first kappa shape index (κ1) is 11.5. The fourth-order valence-corrected chi connectivity index (χ4v) is 3.74. The molecule has 1 aliphatic carbocycles. The Kier molecular flexibility index (Phi) is 2.92. The van der Waals surface area contributed by atoms with Crippen molar-refractivity contribution in [2.75, 3.05) is 6.61 Å². The molecule has 0 unspecified atom stereocenters. The first-order chi connectivity index (χ1) is 8.79. The van der Waals surface area contributed by atoms with E-state index in [0.717, 1.165) is 28.9 Å². The van der Waals surface area contributed by atoms with Gasteiger partial charge >= 0.3 is 0 Å². The Hall–Kier alpha value is -1.60. The fourth-order valence-electron chi connectivity index (χ4n) is 2.44. The van der Waals surface area contributed by atoms with Gasteiger partial charge in [0.2, 0.25) is 5.88 Å². The summed E-state index contributed by atoms with van der Waals surface area (Å²) < 4.78 is 5.59. The average Bonchev–Trinajstić information content (AvgIpc) is 2.73. The quantitative estimate of drug-likeness (QED) is 0.777. The van der Waals surface area contributed by atoms with E-state index < -0.39 is 0 Å². The van der Waals surface area contributed by atoms with Crippen LogP contribution in [0, 0.1) is 19.3 Å². The molecule has 1 aliphatic rings. The van der Waals surface area contributed by atoms with Crippen molar-refractivity contribution in [1.29, 1.82) is 0 Å². The van der Waals surface area contributed by atoms with Crippen molar-refractivity contribution < 1.29 is 4.74 Å². The van der Waals surface area contributed by atoms with Crippen LogP contribution < -0.4 is 4.74 Å². The van der Waals surface area contributed by atoms with Crippen molar-refractivity contribution in [1.82, 2.24) is 9.97 Å². The number of hydrogen-bond acceptors (Lipinski definition) is 4. The number of aryl methyl sites for hydroxylation is 3. The first-order valence-electron chi connectivity index (χ1n) is 6.14. The zero-order valence-electron chi connectivity index (χ0n) is 10.3. The summed E-state index contributed by atoms with van der Waals surface area (Å²) >= 11 is 1.78. The van der Waals surface area contributed by atoms with Crippen LogP contribution in [0.4, 0.5) is 0 Å². The standard InChI is InChI=1S/C14H14N2OS/c1-3-8-17-13-12-10-6-4-5-7-11(10)18-14(12)16-9(2)15-13/h1H,4-8H2,2H3. The maximum Gasteiger partial charge on any atom is 0.226 e. The highest BCUT2D eigenvalue weighted by Gasteiger charge is 2.21. The molecule has 2 heterocycles. The third-order valence-electron chi connectivity index (χ3n) is 3.19. The summed E-state index contributed by atoms with van der Waals surface area (Å²) in [4.78, 5) is 11.4. The molecule has 0 saturated carbocycles. The van der Waals surface area contributed by atoms with Crippen molar-refractivity contribution in [3.05, 3.63) is 16.3 Å². The van der Waals surface area contributed by atoms with Crippen molar-refractivity contribution >= 4 is 21.6 Å². The van der Waals surface area contributed by atoms with Crippen LogP contribution in [-0.4, -0.2) is 16.6 Å². The lowest BCUT2D eigenvalue weighted by molar-refractivity contribution is 0.359. The second-order valence-electron chi connectivity index (χ2n) is 4.46. The molecule has 2 aromatic rings. The van der Waals surface area contributed by atoms with Crippen molar-refractivity contribution in [3.8, 4) is 18.2 Å². The second kappa shape index (κ2) is 4.58. The Labute approximate surface area is 110 Å². The Morgan fingerprint density at radius 3 is 3.00 bits per heavy atom. The van der Waals surface area contributed by atoms with E-state index in [9.17, 15) is 0 Å². The fraction of sp³-hybridized carbons (Fsp3) is 0.429. The van der Waals surface area contributed by atoms with E-state index in [1.807, 2.05) is 6.92 Å². The number of rotatable bonds is 2. The molecular formula is C14H14N2OS. The number of nitrogens with zero attached hydrogens (tertiary/aromatic N) is 2. The van der Waals surface area contributed by atoms with Gasteiger partial charge in [0.05, 0.1) is 5.39 Å². The number of terminal acetylenes is 1. The Bertz CT molecular complexity index is 639. The van der Waals surface area contributed by atoms with Crippen LogP contribution >= 0.6 is 11.3 Å². The zero-order chi connectivity index (χ0) is 12.5. The molecule has 0 amide bonds. The Morgan fingerprint density at radius 1 is 1.33 bits per heavy atom.